The van der Waals surface area contributed by atoms with Crippen molar-refractivity contribution in [2.24, 2.45) is 0 Å². The molecule has 0 saturated carbocycles. The number of carbonyl (C=O) groups is 1. The molecule has 1 saturated heterocycles. The third kappa shape index (κ3) is 3.57. The first-order valence-electron chi connectivity index (χ1n) is 9.52. The van der Waals surface area contributed by atoms with Gasteiger partial charge in [-0.05, 0) is 35.6 Å². The fourth-order valence-electron chi connectivity index (χ4n) is 4.16. The molecular formula is C22H25NO4. The smallest absolute Gasteiger partial charge is 0.410 e. The van der Waals surface area contributed by atoms with Gasteiger partial charge in [0, 0.05) is 12.5 Å². The molecule has 5 heteroatoms. The normalized spacial score (nSPS) is 20.1. The Kier molecular flexibility index (Phi) is 5.14. The van der Waals surface area contributed by atoms with Crippen molar-refractivity contribution in [3.63, 3.8) is 0 Å². The summed E-state index contributed by atoms with van der Waals surface area (Å²) in [6.45, 7) is 3.47. The largest absolute Gasteiger partial charge is 0.448 e. The van der Waals surface area contributed by atoms with Gasteiger partial charge in [0.1, 0.15) is 6.61 Å². The fraction of sp³-hybridized carbons (Fsp3) is 0.409. The number of fused-ring (bicyclic) bond motifs is 3. The van der Waals surface area contributed by atoms with Crippen LogP contribution in [-0.2, 0) is 9.47 Å². The van der Waals surface area contributed by atoms with E-state index >= 15 is 0 Å². The molecule has 2 aromatic rings. The Bertz CT molecular complexity index is 774. The molecule has 2 aliphatic rings. The Morgan fingerprint density at radius 3 is 2.44 bits per heavy atom. The predicted molar refractivity (Wildman–Crippen MR) is 103 cm³/mol. The number of rotatable bonds is 4. The van der Waals surface area contributed by atoms with E-state index in [9.17, 15) is 9.90 Å². The third-order valence-electron chi connectivity index (χ3n) is 5.41. The summed E-state index contributed by atoms with van der Waals surface area (Å²) in [6, 6.07) is 16.5. The van der Waals surface area contributed by atoms with Crippen molar-refractivity contribution >= 4 is 6.09 Å². The molecule has 142 valence electrons. The van der Waals surface area contributed by atoms with Crippen molar-refractivity contribution in [2.45, 2.75) is 31.4 Å². The quantitative estimate of drug-likeness (QED) is 0.900. The zero-order valence-electron chi connectivity index (χ0n) is 15.5. The van der Waals surface area contributed by atoms with Gasteiger partial charge in [-0.3, -0.25) is 0 Å². The molecule has 1 fully saturated rings. The van der Waals surface area contributed by atoms with Crippen molar-refractivity contribution in [3.8, 4) is 11.1 Å². The number of aliphatic hydroxyl groups excluding tert-OH is 1. The summed E-state index contributed by atoms with van der Waals surface area (Å²) in [7, 11) is 0. The maximum atomic E-state index is 12.7. The molecule has 1 aliphatic carbocycles. The molecule has 1 amide bonds. The van der Waals surface area contributed by atoms with E-state index in [0.29, 0.717) is 32.8 Å². The lowest BCUT2D eigenvalue weighted by Crippen LogP contribution is -2.50. The number of morpholine rings is 1. The van der Waals surface area contributed by atoms with Crippen LogP contribution in [0.1, 0.15) is 30.4 Å². The van der Waals surface area contributed by atoms with Gasteiger partial charge in [-0.15, -0.1) is 0 Å². The maximum absolute atomic E-state index is 12.7. The van der Waals surface area contributed by atoms with Gasteiger partial charge in [0.25, 0.3) is 0 Å². The van der Waals surface area contributed by atoms with E-state index < -0.39 is 6.10 Å². The zero-order valence-corrected chi connectivity index (χ0v) is 15.5. The first-order valence-corrected chi connectivity index (χ1v) is 9.52. The average Bonchev–Trinajstić information content (AvgIpc) is 3.00. The Hall–Kier alpha value is -2.37. The first kappa shape index (κ1) is 18.0. The van der Waals surface area contributed by atoms with Crippen LogP contribution in [0.15, 0.2) is 48.5 Å². The van der Waals surface area contributed by atoms with Gasteiger partial charge in [0.15, 0.2) is 0 Å². The van der Waals surface area contributed by atoms with Crippen LogP contribution in [0, 0.1) is 0 Å². The highest BCUT2D eigenvalue weighted by atomic mass is 16.6. The number of hydrogen-bond acceptors (Lipinski definition) is 4. The van der Waals surface area contributed by atoms with Crippen molar-refractivity contribution in [2.75, 3.05) is 26.4 Å². The molecule has 27 heavy (non-hydrogen) atoms. The molecule has 1 heterocycles. The van der Waals surface area contributed by atoms with E-state index in [1.807, 2.05) is 24.3 Å². The molecule has 1 N–H and O–H groups in total. The molecule has 2 aromatic carbocycles. The number of aliphatic hydroxyl groups is 1. The number of amides is 1. The van der Waals surface area contributed by atoms with Gasteiger partial charge in [-0.25, -0.2) is 4.79 Å². The molecule has 0 radical (unpaired) electrons. The highest BCUT2D eigenvalue weighted by molar-refractivity contribution is 5.79. The molecule has 0 spiro atoms. The van der Waals surface area contributed by atoms with Gasteiger partial charge in [-0.1, -0.05) is 48.5 Å². The lowest BCUT2D eigenvalue weighted by Gasteiger charge is -2.35. The van der Waals surface area contributed by atoms with Crippen LogP contribution in [0.4, 0.5) is 4.79 Å². The van der Waals surface area contributed by atoms with Crippen molar-refractivity contribution in [1.29, 1.82) is 0 Å². The van der Waals surface area contributed by atoms with E-state index in [2.05, 4.69) is 24.3 Å². The topological polar surface area (TPSA) is 59.0 Å². The summed E-state index contributed by atoms with van der Waals surface area (Å²) in [5.41, 5.74) is 4.84. The zero-order chi connectivity index (χ0) is 18.8. The molecule has 4 rings (SSSR count). The van der Waals surface area contributed by atoms with E-state index in [4.69, 9.17) is 9.47 Å². The second-order valence-corrected chi connectivity index (χ2v) is 7.31. The predicted octanol–water partition coefficient (Wildman–Crippen LogP) is 3.41. The van der Waals surface area contributed by atoms with E-state index in [0.717, 1.165) is 0 Å². The van der Waals surface area contributed by atoms with Gasteiger partial charge in [-0.2, -0.15) is 0 Å². The average molecular weight is 367 g/mol. The van der Waals surface area contributed by atoms with Crippen LogP contribution in [0.3, 0.4) is 0 Å². The molecule has 0 aromatic heterocycles. The van der Waals surface area contributed by atoms with Crippen LogP contribution >= 0.6 is 0 Å². The van der Waals surface area contributed by atoms with Crippen LogP contribution in [-0.4, -0.2) is 54.6 Å². The van der Waals surface area contributed by atoms with Crippen molar-refractivity contribution in [3.05, 3.63) is 59.7 Å². The highest BCUT2D eigenvalue weighted by Crippen LogP contribution is 2.44. The molecule has 5 nitrogen and oxygen atoms in total. The molecule has 2 atom stereocenters. The van der Waals surface area contributed by atoms with Crippen LogP contribution in [0.5, 0.6) is 0 Å². The van der Waals surface area contributed by atoms with Crippen LogP contribution < -0.4 is 0 Å². The van der Waals surface area contributed by atoms with Gasteiger partial charge in [0.2, 0.25) is 0 Å². The van der Waals surface area contributed by atoms with Crippen molar-refractivity contribution < 1.29 is 19.4 Å². The van der Waals surface area contributed by atoms with Crippen LogP contribution in [0.25, 0.3) is 11.1 Å². The van der Waals surface area contributed by atoms with E-state index in [-0.39, 0.29) is 18.1 Å². The Morgan fingerprint density at radius 1 is 1.19 bits per heavy atom. The minimum Gasteiger partial charge on any atom is -0.448 e. The molecule has 2 unspecified atom stereocenters. The maximum Gasteiger partial charge on any atom is 0.410 e. The van der Waals surface area contributed by atoms with Gasteiger partial charge in [0.05, 0.1) is 25.4 Å². The Balaban J connectivity index is 1.49. The summed E-state index contributed by atoms with van der Waals surface area (Å²) in [5.74, 6) is 0.0533. The lowest BCUT2D eigenvalue weighted by molar-refractivity contribution is -0.0228. The number of nitrogens with zero attached hydrogens (tertiary/aromatic N) is 1. The SMILES string of the molecule is CC(O)CC1COCCN1C(=O)OCC1c2ccccc2-c2ccccc21. The molecule has 1 aliphatic heterocycles. The number of hydrogen-bond donors (Lipinski definition) is 1. The van der Waals surface area contributed by atoms with E-state index in [1.165, 1.54) is 22.3 Å². The Labute approximate surface area is 159 Å². The molecule has 0 bridgehead atoms. The summed E-state index contributed by atoms with van der Waals surface area (Å²) in [4.78, 5) is 14.4. The fourth-order valence-corrected chi connectivity index (χ4v) is 4.16. The summed E-state index contributed by atoms with van der Waals surface area (Å²) in [5, 5.41) is 9.69. The minimum atomic E-state index is -0.486. The highest BCUT2D eigenvalue weighted by Gasteiger charge is 2.32. The summed E-state index contributed by atoms with van der Waals surface area (Å²) < 4.78 is 11.2. The number of benzene rings is 2. The number of ether oxygens (including phenoxy) is 2. The summed E-state index contributed by atoms with van der Waals surface area (Å²) >= 11 is 0. The van der Waals surface area contributed by atoms with Crippen LogP contribution in [0.2, 0.25) is 0 Å². The standard InChI is InChI=1S/C22H25NO4/c1-15(24)12-16-13-26-11-10-23(16)22(25)27-14-21-19-8-4-2-6-17(19)18-7-3-5-9-20(18)21/h2-9,15-16,21,24H,10-14H2,1H3. The summed E-state index contributed by atoms with van der Waals surface area (Å²) in [6.07, 6.45) is -0.323. The monoisotopic (exact) mass is 367 g/mol. The second kappa shape index (κ2) is 7.71. The van der Waals surface area contributed by atoms with Crippen molar-refractivity contribution in [1.82, 2.24) is 4.90 Å². The van der Waals surface area contributed by atoms with Gasteiger partial charge < -0.3 is 19.5 Å². The Morgan fingerprint density at radius 2 is 1.81 bits per heavy atom. The third-order valence-corrected chi connectivity index (χ3v) is 5.41. The minimum absolute atomic E-state index is 0.0533. The van der Waals surface area contributed by atoms with Gasteiger partial charge >= 0.3 is 6.09 Å². The second-order valence-electron chi connectivity index (χ2n) is 7.31. The number of carbonyl (C=O) groups excluding carboxylic acids is 1. The first-order chi connectivity index (χ1) is 13.1. The lowest BCUT2D eigenvalue weighted by atomic mass is 9.98. The molecular weight excluding hydrogens is 342 g/mol. The van der Waals surface area contributed by atoms with E-state index in [1.54, 1.807) is 11.8 Å².